The summed E-state index contributed by atoms with van der Waals surface area (Å²) >= 11 is 6.43. The summed E-state index contributed by atoms with van der Waals surface area (Å²) in [6.45, 7) is 0.492. The SMILES string of the molecule is N[C@@H]1CC[C@@H](Cc2cc(-c3cccc(NCc4cccc(F)c4)n3)c(Cl)cn2)C1. The number of hydrogen-bond donors (Lipinski definition) is 2. The van der Waals surface area contributed by atoms with Gasteiger partial charge < -0.3 is 11.1 Å². The summed E-state index contributed by atoms with van der Waals surface area (Å²) in [5, 5.41) is 3.82. The first-order valence-corrected chi connectivity index (χ1v) is 10.3. The maximum absolute atomic E-state index is 13.4. The Bertz CT molecular complexity index is 994. The second kappa shape index (κ2) is 8.89. The minimum Gasteiger partial charge on any atom is -0.366 e. The highest BCUT2D eigenvalue weighted by atomic mass is 35.5. The molecule has 1 fully saturated rings. The predicted molar refractivity (Wildman–Crippen MR) is 115 cm³/mol. The summed E-state index contributed by atoms with van der Waals surface area (Å²) in [6, 6.07) is 14.6. The lowest BCUT2D eigenvalue weighted by Crippen LogP contribution is -2.15. The van der Waals surface area contributed by atoms with Gasteiger partial charge in [-0.2, -0.15) is 0 Å². The molecule has 4 rings (SSSR count). The largest absolute Gasteiger partial charge is 0.366 e. The van der Waals surface area contributed by atoms with Gasteiger partial charge >= 0.3 is 0 Å². The molecule has 2 aromatic heterocycles. The van der Waals surface area contributed by atoms with E-state index in [2.05, 4.69) is 15.3 Å². The van der Waals surface area contributed by atoms with Gasteiger partial charge in [-0.25, -0.2) is 9.37 Å². The fourth-order valence-corrected chi connectivity index (χ4v) is 4.11. The Morgan fingerprint density at radius 1 is 1.14 bits per heavy atom. The molecule has 0 radical (unpaired) electrons. The fourth-order valence-electron chi connectivity index (χ4n) is 3.91. The Labute approximate surface area is 175 Å². The van der Waals surface area contributed by atoms with Crippen LogP contribution in [0.25, 0.3) is 11.3 Å². The number of pyridine rings is 2. The van der Waals surface area contributed by atoms with Crippen LogP contribution in [0.15, 0.2) is 54.7 Å². The number of nitrogens with two attached hydrogens (primary N) is 1. The number of halogens is 2. The number of hydrogen-bond acceptors (Lipinski definition) is 4. The van der Waals surface area contributed by atoms with Gasteiger partial charge in [-0.1, -0.05) is 29.8 Å². The maximum Gasteiger partial charge on any atom is 0.126 e. The number of benzene rings is 1. The Balaban J connectivity index is 1.50. The van der Waals surface area contributed by atoms with Crippen molar-refractivity contribution >= 4 is 17.4 Å². The third-order valence-electron chi connectivity index (χ3n) is 5.38. The monoisotopic (exact) mass is 410 g/mol. The highest BCUT2D eigenvalue weighted by Crippen LogP contribution is 2.31. The quantitative estimate of drug-likeness (QED) is 0.584. The Hall–Kier alpha value is -2.50. The molecule has 3 N–H and O–H groups in total. The van der Waals surface area contributed by atoms with E-state index in [9.17, 15) is 4.39 Å². The summed E-state index contributed by atoms with van der Waals surface area (Å²) in [5.74, 6) is 1.05. The lowest BCUT2D eigenvalue weighted by molar-refractivity contribution is 0.528. The van der Waals surface area contributed by atoms with Crippen LogP contribution in [0.4, 0.5) is 10.2 Å². The highest BCUT2D eigenvalue weighted by molar-refractivity contribution is 6.33. The van der Waals surface area contributed by atoms with Gasteiger partial charge in [0.15, 0.2) is 0 Å². The van der Waals surface area contributed by atoms with Gasteiger partial charge in [0.1, 0.15) is 11.6 Å². The van der Waals surface area contributed by atoms with Crippen molar-refractivity contribution in [3.63, 3.8) is 0 Å². The topological polar surface area (TPSA) is 63.8 Å². The summed E-state index contributed by atoms with van der Waals surface area (Å²) in [6.07, 6.45) is 5.91. The first kappa shape index (κ1) is 19.8. The minimum absolute atomic E-state index is 0.245. The van der Waals surface area contributed by atoms with Crippen LogP contribution in [0.2, 0.25) is 5.02 Å². The highest BCUT2D eigenvalue weighted by Gasteiger charge is 2.22. The van der Waals surface area contributed by atoms with Crippen molar-refractivity contribution in [1.82, 2.24) is 9.97 Å². The molecule has 1 saturated carbocycles. The smallest absolute Gasteiger partial charge is 0.126 e. The van der Waals surface area contributed by atoms with E-state index in [1.54, 1.807) is 12.3 Å². The van der Waals surface area contributed by atoms with Gasteiger partial charge in [0.05, 0.1) is 10.7 Å². The van der Waals surface area contributed by atoms with E-state index in [1.807, 2.05) is 30.3 Å². The Kier molecular flexibility index (Phi) is 6.07. The number of rotatable bonds is 6. The molecule has 0 unspecified atom stereocenters. The van der Waals surface area contributed by atoms with Crippen molar-refractivity contribution in [2.45, 2.75) is 38.3 Å². The van der Waals surface area contributed by atoms with Gasteiger partial charge in [-0.05, 0) is 67.5 Å². The molecule has 1 aliphatic carbocycles. The van der Waals surface area contributed by atoms with Crippen LogP contribution in [0.3, 0.4) is 0 Å². The van der Waals surface area contributed by atoms with Crippen molar-refractivity contribution in [2.24, 2.45) is 11.7 Å². The number of nitrogens with one attached hydrogen (secondary N) is 1. The van der Waals surface area contributed by atoms with E-state index < -0.39 is 0 Å². The van der Waals surface area contributed by atoms with E-state index in [0.29, 0.717) is 29.3 Å². The molecule has 6 heteroatoms. The maximum atomic E-state index is 13.4. The molecule has 0 saturated heterocycles. The Morgan fingerprint density at radius 2 is 2.00 bits per heavy atom. The van der Waals surface area contributed by atoms with Crippen LogP contribution in [0, 0.1) is 11.7 Å². The molecule has 1 aromatic carbocycles. The van der Waals surface area contributed by atoms with Crippen LogP contribution < -0.4 is 11.1 Å². The van der Waals surface area contributed by atoms with Crippen molar-refractivity contribution in [1.29, 1.82) is 0 Å². The lowest BCUT2D eigenvalue weighted by Gasteiger charge is -2.12. The van der Waals surface area contributed by atoms with Gasteiger partial charge in [-0.15, -0.1) is 0 Å². The zero-order valence-corrected chi connectivity index (χ0v) is 16.9. The zero-order chi connectivity index (χ0) is 20.2. The van der Waals surface area contributed by atoms with Gasteiger partial charge in [0.25, 0.3) is 0 Å². The van der Waals surface area contributed by atoms with Crippen LogP contribution in [-0.4, -0.2) is 16.0 Å². The number of aromatic nitrogens is 2. The molecule has 0 amide bonds. The van der Waals surface area contributed by atoms with E-state index in [-0.39, 0.29) is 5.82 Å². The first-order valence-electron chi connectivity index (χ1n) is 9.92. The van der Waals surface area contributed by atoms with Crippen LogP contribution >= 0.6 is 11.6 Å². The molecule has 2 atom stereocenters. The summed E-state index contributed by atoms with van der Waals surface area (Å²) in [7, 11) is 0. The molecule has 29 heavy (non-hydrogen) atoms. The average Bonchev–Trinajstić information content (AvgIpc) is 3.13. The van der Waals surface area contributed by atoms with E-state index >= 15 is 0 Å². The molecular weight excluding hydrogens is 387 g/mol. The van der Waals surface area contributed by atoms with Crippen LogP contribution in [0.5, 0.6) is 0 Å². The van der Waals surface area contributed by atoms with Crippen molar-refractivity contribution < 1.29 is 4.39 Å². The van der Waals surface area contributed by atoms with Gasteiger partial charge in [0.2, 0.25) is 0 Å². The van der Waals surface area contributed by atoms with Crippen molar-refractivity contribution in [3.8, 4) is 11.3 Å². The Morgan fingerprint density at radius 3 is 2.79 bits per heavy atom. The van der Waals surface area contributed by atoms with E-state index in [4.69, 9.17) is 17.3 Å². The molecule has 1 aliphatic rings. The van der Waals surface area contributed by atoms with Crippen LogP contribution in [-0.2, 0) is 13.0 Å². The third-order valence-corrected chi connectivity index (χ3v) is 5.68. The molecule has 150 valence electrons. The molecule has 0 bridgehead atoms. The summed E-state index contributed by atoms with van der Waals surface area (Å²) in [5.41, 5.74) is 9.57. The molecular formula is C23H24ClFN4. The molecule has 0 aliphatic heterocycles. The third kappa shape index (κ3) is 5.11. The fraction of sp³-hybridized carbons (Fsp3) is 0.304. The van der Waals surface area contributed by atoms with E-state index in [0.717, 1.165) is 48.2 Å². The second-order valence-electron chi connectivity index (χ2n) is 7.69. The number of anilines is 1. The summed E-state index contributed by atoms with van der Waals surface area (Å²) in [4.78, 5) is 9.20. The first-order chi connectivity index (χ1) is 14.1. The molecule has 3 aromatic rings. The molecule has 0 spiro atoms. The molecule has 4 nitrogen and oxygen atoms in total. The van der Waals surface area contributed by atoms with Crippen LogP contribution in [0.1, 0.15) is 30.5 Å². The van der Waals surface area contributed by atoms with Gasteiger partial charge in [-0.3, -0.25) is 4.98 Å². The minimum atomic E-state index is -0.245. The van der Waals surface area contributed by atoms with Crippen molar-refractivity contribution in [2.75, 3.05) is 5.32 Å². The lowest BCUT2D eigenvalue weighted by atomic mass is 9.99. The number of nitrogens with zero attached hydrogens (tertiary/aromatic N) is 2. The van der Waals surface area contributed by atoms with Gasteiger partial charge in [0, 0.05) is 30.0 Å². The van der Waals surface area contributed by atoms with E-state index in [1.165, 1.54) is 12.1 Å². The standard InChI is InChI=1S/C23H24ClFN4/c24-21-14-27-19(11-15-7-8-18(26)10-15)12-20(21)22-5-2-6-23(29-22)28-13-16-3-1-4-17(25)9-16/h1-6,9,12,14-15,18H,7-8,10-11,13,26H2,(H,28,29)/t15-,18-/m1/s1. The van der Waals surface area contributed by atoms with Crippen molar-refractivity contribution in [3.05, 3.63) is 76.8 Å². The molecule has 2 heterocycles. The second-order valence-corrected chi connectivity index (χ2v) is 8.10. The normalized spacial score (nSPS) is 18.7. The average molecular weight is 411 g/mol. The predicted octanol–water partition coefficient (Wildman–Crippen LogP) is 5.22. The summed E-state index contributed by atoms with van der Waals surface area (Å²) < 4.78 is 13.4. The zero-order valence-electron chi connectivity index (χ0n) is 16.1.